The van der Waals surface area contributed by atoms with E-state index in [1.54, 1.807) is 0 Å². The first-order valence-electron chi connectivity index (χ1n) is 9.02. The molecule has 3 amide bonds. The fourth-order valence-electron chi connectivity index (χ4n) is 3.25. The molecule has 3 N–H and O–H groups in total. The van der Waals surface area contributed by atoms with Gasteiger partial charge in [0.05, 0.1) is 0 Å². The lowest BCUT2D eigenvalue weighted by atomic mass is 10.0. The Labute approximate surface area is 169 Å². The van der Waals surface area contributed by atoms with Crippen molar-refractivity contribution in [2.24, 2.45) is 0 Å². The second kappa shape index (κ2) is 10.7. The molecular weight excluding hydrogens is 391 g/mol. The summed E-state index contributed by atoms with van der Waals surface area (Å²) in [5.41, 5.74) is 0.550. The number of piperidine rings is 1. The largest absolute Gasteiger partial charge is 0.342 e. The second-order valence-electron chi connectivity index (χ2n) is 6.69. The fraction of sp³-hybridized carbons (Fsp3) is 0.556. The molecule has 2 saturated heterocycles. The van der Waals surface area contributed by atoms with Gasteiger partial charge in [-0.15, -0.1) is 12.4 Å². The van der Waals surface area contributed by atoms with Crippen LogP contribution in [0.2, 0.25) is 0 Å². The van der Waals surface area contributed by atoms with Gasteiger partial charge in [0.1, 0.15) is 5.82 Å². The first-order chi connectivity index (χ1) is 12.6. The molecular formula is C18H26ClFN4O2S. The van der Waals surface area contributed by atoms with Crippen LogP contribution in [0.1, 0.15) is 19.3 Å². The second-order valence-corrected chi connectivity index (χ2v) is 7.84. The zero-order valence-corrected chi connectivity index (χ0v) is 16.7. The van der Waals surface area contributed by atoms with Crippen LogP contribution < -0.4 is 16.0 Å². The highest BCUT2D eigenvalue weighted by Gasteiger charge is 2.26. The number of benzene rings is 1. The van der Waals surface area contributed by atoms with Gasteiger partial charge in [0.25, 0.3) is 0 Å². The van der Waals surface area contributed by atoms with Gasteiger partial charge in [-0.2, -0.15) is 11.8 Å². The van der Waals surface area contributed by atoms with Gasteiger partial charge in [-0.25, -0.2) is 9.18 Å². The summed E-state index contributed by atoms with van der Waals surface area (Å²) >= 11 is 1.89. The van der Waals surface area contributed by atoms with Crippen molar-refractivity contribution in [1.29, 1.82) is 0 Å². The average Bonchev–Trinajstić information content (AvgIpc) is 2.65. The lowest BCUT2D eigenvalue weighted by molar-refractivity contribution is -0.132. The van der Waals surface area contributed by atoms with E-state index in [9.17, 15) is 14.0 Å². The summed E-state index contributed by atoms with van der Waals surface area (Å²) in [6.45, 7) is 2.30. The SMILES string of the molecule is Cl.O=C(Nc1ccc(F)cc1)NC1CCN(C(=O)CC2CSCCN2)CC1. The molecule has 2 aliphatic rings. The maximum Gasteiger partial charge on any atom is 0.319 e. The van der Waals surface area contributed by atoms with E-state index in [0.717, 1.165) is 30.9 Å². The Bertz CT molecular complexity index is 620. The van der Waals surface area contributed by atoms with E-state index in [4.69, 9.17) is 0 Å². The molecule has 2 aliphatic heterocycles. The summed E-state index contributed by atoms with van der Waals surface area (Å²) in [6, 6.07) is 5.67. The predicted molar refractivity (Wildman–Crippen MR) is 109 cm³/mol. The molecule has 0 spiro atoms. The molecule has 6 nitrogen and oxygen atoms in total. The van der Waals surface area contributed by atoms with Crippen molar-refractivity contribution >= 4 is 41.8 Å². The number of likely N-dealkylation sites (tertiary alicyclic amines) is 1. The lowest BCUT2D eigenvalue weighted by Gasteiger charge is -2.33. The molecule has 1 aromatic rings. The van der Waals surface area contributed by atoms with Crippen molar-refractivity contribution in [1.82, 2.24) is 15.5 Å². The van der Waals surface area contributed by atoms with Crippen molar-refractivity contribution in [2.45, 2.75) is 31.3 Å². The minimum Gasteiger partial charge on any atom is -0.342 e. The van der Waals surface area contributed by atoms with Crippen LogP contribution in [-0.4, -0.2) is 60.1 Å². The third-order valence-corrected chi connectivity index (χ3v) is 5.84. The highest BCUT2D eigenvalue weighted by molar-refractivity contribution is 7.99. The summed E-state index contributed by atoms with van der Waals surface area (Å²) in [4.78, 5) is 26.3. The van der Waals surface area contributed by atoms with Crippen LogP contribution >= 0.6 is 24.2 Å². The minimum absolute atomic E-state index is 0. The molecule has 0 radical (unpaired) electrons. The third-order valence-electron chi connectivity index (χ3n) is 4.70. The molecule has 150 valence electrons. The van der Waals surface area contributed by atoms with Crippen LogP contribution in [0.25, 0.3) is 0 Å². The van der Waals surface area contributed by atoms with Crippen molar-refractivity contribution in [2.75, 3.05) is 36.5 Å². The highest BCUT2D eigenvalue weighted by atomic mass is 35.5. The number of anilines is 1. The summed E-state index contributed by atoms with van der Waals surface area (Å²) in [7, 11) is 0. The molecule has 2 heterocycles. The number of urea groups is 1. The summed E-state index contributed by atoms with van der Waals surface area (Å²) in [5.74, 6) is 1.96. The van der Waals surface area contributed by atoms with E-state index in [2.05, 4.69) is 16.0 Å². The van der Waals surface area contributed by atoms with Gasteiger partial charge in [0.15, 0.2) is 0 Å². The normalized spacial score (nSPS) is 20.5. The summed E-state index contributed by atoms with van der Waals surface area (Å²) < 4.78 is 12.9. The molecule has 3 rings (SSSR count). The molecule has 9 heteroatoms. The molecule has 1 aromatic carbocycles. The maximum absolute atomic E-state index is 12.9. The average molecular weight is 417 g/mol. The zero-order valence-electron chi connectivity index (χ0n) is 15.1. The van der Waals surface area contributed by atoms with Crippen molar-refractivity contribution in [3.63, 3.8) is 0 Å². The maximum atomic E-state index is 12.9. The Morgan fingerprint density at radius 1 is 1.22 bits per heavy atom. The number of halogens is 2. The van der Waals surface area contributed by atoms with Gasteiger partial charge >= 0.3 is 6.03 Å². The number of nitrogens with one attached hydrogen (secondary N) is 3. The van der Waals surface area contributed by atoms with Gasteiger partial charge < -0.3 is 20.9 Å². The topological polar surface area (TPSA) is 73.5 Å². The highest BCUT2D eigenvalue weighted by Crippen LogP contribution is 2.16. The van der Waals surface area contributed by atoms with E-state index >= 15 is 0 Å². The Hall–Kier alpha value is -1.51. The van der Waals surface area contributed by atoms with E-state index < -0.39 is 0 Å². The Morgan fingerprint density at radius 3 is 2.56 bits per heavy atom. The van der Waals surface area contributed by atoms with Crippen LogP contribution in [-0.2, 0) is 4.79 Å². The van der Waals surface area contributed by atoms with Gasteiger partial charge in [-0.3, -0.25) is 4.79 Å². The van der Waals surface area contributed by atoms with Crippen molar-refractivity contribution in [3.05, 3.63) is 30.1 Å². The number of rotatable bonds is 4. The minimum atomic E-state index is -0.338. The van der Waals surface area contributed by atoms with Crippen molar-refractivity contribution < 1.29 is 14.0 Å². The summed E-state index contributed by atoms with van der Waals surface area (Å²) in [6.07, 6.45) is 2.04. The monoisotopic (exact) mass is 416 g/mol. The quantitative estimate of drug-likeness (QED) is 0.705. The van der Waals surface area contributed by atoms with E-state index in [1.807, 2.05) is 16.7 Å². The lowest BCUT2D eigenvalue weighted by Crippen LogP contribution is -2.49. The molecule has 2 fully saturated rings. The third kappa shape index (κ3) is 6.86. The fourth-order valence-corrected chi connectivity index (χ4v) is 4.20. The number of hydrogen-bond acceptors (Lipinski definition) is 4. The number of carbonyl (C=O) groups is 2. The van der Waals surface area contributed by atoms with Crippen LogP contribution in [0.3, 0.4) is 0 Å². The van der Waals surface area contributed by atoms with Crippen LogP contribution in [0.5, 0.6) is 0 Å². The Balaban J connectivity index is 0.00000261. The predicted octanol–water partition coefficient (Wildman–Crippen LogP) is 2.46. The first kappa shape index (κ1) is 21.8. The molecule has 1 unspecified atom stereocenters. The van der Waals surface area contributed by atoms with E-state index in [1.165, 1.54) is 24.3 Å². The molecule has 1 atom stereocenters. The molecule has 0 saturated carbocycles. The standard InChI is InChI=1S/C18H25FN4O2S.ClH/c19-13-1-3-14(4-2-13)21-18(25)22-15-5-8-23(9-6-15)17(24)11-16-12-26-10-7-20-16;/h1-4,15-16,20H,5-12H2,(H2,21,22,25);1H. The van der Waals surface area contributed by atoms with E-state index in [-0.39, 0.29) is 42.2 Å². The summed E-state index contributed by atoms with van der Waals surface area (Å²) in [5, 5.41) is 9.02. The molecule has 0 aromatic heterocycles. The smallest absolute Gasteiger partial charge is 0.319 e. The van der Waals surface area contributed by atoms with Crippen LogP contribution in [0.15, 0.2) is 24.3 Å². The number of hydrogen-bond donors (Lipinski definition) is 3. The Morgan fingerprint density at radius 2 is 1.93 bits per heavy atom. The van der Waals surface area contributed by atoms with Gasteiger partial charge in [0.2, 0.25) is 5.91 Å². The first-order valence-corrected chi connectivity index (χ1v) is 10.2. The van der Waals surface area contributed by atoms with Crippen LogP contribution in [0.4, 0.5) is 14.9 Å². The van der Waals surface area contributed by atoms with Crippen molar-refractivity contribution in [3.8, 4) is 0 Å². The van der Waals surface area contributed by atoms with Gasteiger partial charge in [-0.05, 0) is 37.1 Å². The zero-order chi connectivity index (χ0) is 18.4. The number of amides is 3. The Kier molecular flexibility index (Phi) is 8.66. The number of nitrogens with zero attached hydrogens (tertiary/aromatic N) is 1. The molecule has 0 aliphatic carbocycles. The molecule has 27 heavy (non-hydrogen) atoms. The van der Waals surface area contributed by atoms with Gasteiger partial charge in [-0.1, -0.05) is 0 Å². The van der Waals surface area contributed by atoms with Gasteiger partial charge in [0, 0.05) is 55.3 Å². The van der Waals surface area contributed by atoms with Crippen LogP contribution in [0, 0.1) is 5.82 Å². The number of carbonyl (C=O) groups excluding carboxylic acids is 2. The molecule has 0 bridgehead atoms. The number of thioether (sulfide) groups is 1. The van der Waals surface area contributed by atoms with E-state index in [0.29, 0.717) is 25.2 Å².